The minimum absolute atomic E-state index is 0.806. The molecule has 0 aliphatic carbocycles. The SMILES string of the molecule is Cc1ccc(Sc2ccc3ncccc3c2N)c(C)c1. The van der Waals surface area contributed by atoms with E-state index in [0.717, 1.165) is 21.5 Å². The monoisotopic (exact) mass is 280 g/mol. The topological polar surface area (TPSA) is 38.9 Å². The number of rotatable bonds is 2. The van der Waals surface area contributed by atoms with Crippen LogP contribution in [-0.2, 0) is 0 Å². The van der Waals surface area contributed by atoms with Crippen LogP contribution in [0.2, 0.25) is 0 Å². The van der Waals surface area contributed by atoms with Gasteiger partial charge < -0.3 is 5.73 Å². The summed E-state index contributed by atoms with van der Waals surface area (Å²) in [6.07, 6.45) is 1.79. The molecular formula is C17H16N2S. The van der Waals surface area contributed by atoms with Crippen molar-refractivity contribution in [3.63, 3.8) is 0 Å². The standard InChI is InChI=1S/C17H16N2S/c1-11-5-7-15(12(2)10-11)20-16-8-6-14-13(17(16)18)4-3-9-19-14/h3-10H,18H2,1-2H3. The van der Waals surface area contributed by atoms with E-state index in [1.54, 1.807) is 18.0 Å². The predicted molar refractivity (Wildman–Crippen MR) is 86.2 cm³/mol. The summed E-state index contributed by atoms with van der Waals surface area (Å²) >= 11 is 1.71. The zero-order valence-electron chi connectivity index (χ0n) is 11.6. The van der Waals surface area contributed by atoms with E-state index >= 15 is 0 Å². The largest absolute Gasteiger partial charge is 0.397 e. The van der Waals surface area contributed by atoms with Gasteiger partial charge in [-0.1, -0.05) is 29.5 Å². The van der Waals surface area contributed by atoms with Gasteiger partial charge in [-0.25, -0.2) is 0 Å². The number of nitrogen functional groups attached to an aromatic ring is 1. The molecule has 0 fully saturated rings. The van der Waals surface area contributed by atoms with Crippen molar-refractivity contribution in [3.05, 3.63) is 59.8 Å². The summed E-state index contributed by atoms with van der Waals surface area (Å²) in [7, 11) is 0. The molecule has 0 saturated heterocycles. The number of nitrogens with zero attached hydrogens (tertiary/aromatic N) is 1. The van der Waals surface area contributed by atoms with Gasteiger partial charge in [-0.2, -0.15) is 0 Å². The summed E-state index contributed by atoms with van der Waals surface area (Å²) < 4.78 is 0. The first-order chi connectivity index (χ1) is 9.65. The second-order valence-corrected chi connectivity index (χ2v) is 6.00. The van der Waals surface area contributed by atoms with Crippen molar-refractivity contribution in [1.82, 2.24) is 4.98 Å². The first-order valence-corrected chi connectivity index (χ1v) is 7.35. The molecule has 0 bridgehead atoms. The fourth-order valence-corrected chi connectivity index (χ4v) is 3.23. The lowest BCUT2D eigenvalue weighted by molar-refractivity contribution is 1.26. The quantitative estimate of drug-likeness (QED) is 0.698. The molecule has 3 aromatic rings. The summed E-state index contributed by atoms with van der Waals surface area (Å²) in [6, 6.07) is 14.5. The average Bonchev–Trinajstić information content (AvgIpc) is 2.45. The Kier molecular flexibility index (Phi) is 3.36. The number of pyridine rings is 1. The maximum atomic E-state index is 6.29. The number of hydrogen-bond acceptors (Lipinski definition) is 3. The zero-order valence-corrected chi connectivity index (χ0v) is 12.4. The third kappa shape index (κ3) is 2.37. The van der Waals surface area contributed by atoms with Crippen LogP contribution in [0.15, 0.2) is 58.5 Å². The number of aromatic nitrogens is 1. The number of fused-ring (bicyclic) bond motifs is 1. The van der Waals surface area contributed by atoms with Gasteiger partial charge in [0, 0.05) is 21.4 Å². The Morgan fingerprint density at radius 1 is 1.00 bits per heavy atom. The Morgan fingerprint density at radius 2 is 1.80 bits per heavy atom. The summed E-state index contributed by atoms with van der Waals surface area (Å²) in [5.41, 5.74) is 10.6. The van der Waals surface area contributed by atoms with Crippen LogP contribution in [0, 0.1) is 13.8 Å². The molecule has 2 aromatic carbocycles. The third-order valence-corrected chi connectivity index (χ3v) is 4.59. The van der Waals surface area contributed by atoms with E-state index in [-0.39, 0.29) is 0 Å². The molecule has 20 heavy (non-hydrogen) atoms. The Balaban J connectivity index is 2.04. The summed E-state index contributed by atoms with van der Waals surface area (Å²) in [5.74, 6) is 0. The fraction of sp³-hybridized carbons (Fsp3) is 0.118. The van der Waals surface area contributed by atoms with E-state index in [1.807, 2.05) is 18.2 Å². The molecule has 1 heterocycles. The van der Waals surface area contributed by atoms with Crippen LogP contribution in [0.4, 0.5) is 5.69 Å². The minimum Gasteiger partial charge on any atom is -0.397 e. The highest BCUT2D eigenvalue weighted by molar-refractivity contribution is 7.99. The summed E-state index contributed by atoms with van der Waals surface area (Å²) in [5, 5.41) is 1.02. The highest BCUT2D eigenvalue weighted by Crippen LogP contribution is 2.37. The van der Waals surface area contributed by atoms with Crippen molar-refractivity contribution in [2.45, 2.75) is 23.6 Å². The van der Waals surface area contributed by atoms with Gasteiger partial charge in [-0.15, -0.1) is 0 Å². The van der Waals surface area contributed by atoms with E-state index in [0.29, 0.717) is 0 Å². The fourth-order valence-electron chi connectivity index (χ4n) is 2.28. The van der Waals surface area contributed by atoms with Crippen LogP contribution in [0.1, 0.15) is 11.1 Å². The van der Waals surface area contributed by atoms with Gasteiger partial charge in [0.15, 0.2) is 0 Å². The summed E-state index contributed by atoms with van der Waals surface area (Å²) in [6.45, 7) is 4.24. The lowest BCUT2D eigenvalue weighted by Gasteiger charge is -2.10. The second kappa shape index (κ2) is 5.17. The van der Waals surface area contributed by atoms with Crippen LogP contribution in [0.5, 0.6) is 0 Å². The molecule has 1 aromatic heterocycles. The van der Waals surface area contributed by atoms with Crippen LogP contribution < -0.4 is 5.73 Å². The van der Waals surface area contributed by atoms with Gasteiger partial charge in [0.1, 0.15) is 0 Å². The average molecular weight is 280 g/mol. The maximum absolute atomic E-state index is 6.29. The normalized spacial score (nSPS) is 10.9. The van der Waals surface area contributed by atoms with Gasteiger partial charge in [-0.3, -0.25) is 4.98 Å². The van der Waals surface area contributed by atoms with Crippen LogP contribution >= 0.6 is 11.8 Å². The van der Waals surface area contributed by atoms with E-state index in [4.69, 9.17) is 5.73 Å². The van der Waals surface area contributed by atoms with Gasteiger partial charge in [0.05, 0.1) is 11.2 Å². The van der Waals surface area contributed by atoms with Gasteiger partial charge in [0.25, 0.3) is 0 Å². The maximum Gasteiger partial charge on any atom is 0.0723 e. The van der Waals surface area contributed by atoms with Gasteiger partial charge >= 0.3 is 0 Å². The molecule has 0 amide bonds. The molecule has 100 valence electrons. The first kappa shape index (κ1) is 13.0. The molecule has 2 nitrogen and oxygen atoms in total. The van der Waals surface area contributed by atoms with Crippen molar-refractivity contribution in [2.75, 3.05) is 5.73 Å². The number of nitrogens with two attached hydrogens (primary N) is 1. The first-order valence-electron chi connectivity index (χ1n) is 6.53. The molecular weight excluding hydrogens is 264 g/mol. The number of anilines is 1. The molecule has 0 unspecified atom stereocenters. The molecule has 3 rings (SSSR count). The third-order valence-electron chi connectivity index (χ3n) is 3.34. The molecule has 0 saturated carbocycles. The molecule has 3 heteroatoms. The van der Waals surface area contributed by atoms with E-state index in [1.165, 1.54) is 16.0 Å². The molecule has 0 aliphatic heterocycles. The molecule has 0 atom stereocenters. The van der Waals surface area contributed by atoms with Crippen LogP contribution in [0.3, 0.4) is 0 Å². The minimum atomic E-state index is 0.806. The lowest BCUT2D eigenvalue weighted by Crippen LogP contribution is -1.92. The predicted octanol–water partition coefficient (Wildman–Crippen LogP) is 4.59. The van der Waals surface area contributed by atoms with Crippen LogP contribution in [0.25, 0.3) is 10.9 Å². The van der Waals surface area contributed by atoms with Crippen molar-refractivity contribution in [1.29, 1.82) is 0 Å². The van der Waals surface area contributed by atoms with E-state index in [2.05, 4.69) is 43.1 Å². The Bertz CT molecular complexity index is 781. The Hall–Kier alpha value is -2.00. The van der Waals surface area contributed by atoms with Gasteiger partial charge in [-0.05, 0) is 49.7 Å². The smallest absolute Gasteiger partial charge is 0.0723 e. The van der Waals surface area contributed by atoms with Crippen molar-refractivity contribution < 1.29 is 0 Å². The Morgan fingerprint density at radius 3 is 2.60 bits per heavy atom. The summed E-state index contributed by atoms with van der Waals surface area (Å²) in [4.78, 5) is 6.65. The zero-order chi connectivity index (χ0) is 14.1. The van der Waals surface area contributed by atoms with Crippen molar-refractivity contribution in [2.24, 2.45) is 0 Å². The molecule has 0 spiro atoms. The van der Waals surface area contributed by atoms with Crippen molar-refractivity contribution in [3.8, 4) is 0 Å². The van der Waals surface area contributed by atoms with E-state index < -0.39 is 0 Å². The number of benzene rings is 2. The molecule has 2 N–H and O–H groups in total. The highest BCUT2D eigenvalue weighted by Gasteiger charge is 2.08. The molecule has 0 radical (unpaired) electrons. The second-order valence-electron chi connectivity index (χ2n) is 4.92. The molecule has 0 aliphatic rings. The Labute approximate surface area is 123 Å². The van der Waals surface area contributed by atoms with Crippen LogP contribution in [-0.4, -0.2) is 4.98 Å². The van der Waals surface area contributed by atoms with E-state index in [9.17, 15) is 0 Å². The van der Waals surface area contributed by atoms with Crippen molar-refractivity contribution >= 4 is 28.4 Å². The number of hydrogen-bond donors (Lipinski definition) is 1. The lowest BCUT2D eigenvalue weighted by atomic mass is 10.2. The highest BCUT2D eigenvalue weighted by atomic mass is 32.2. The van der Waals surface area contributed by atoms with Gasteiger partial charge in [0.2, 0.25) is 0 Å². The number of aryl methyl sites for hydroxylation is 2.